The number of likely N-dealkylation sites (tertiary alicyclic amines) is 1. The third kappa shape index (κ3) is 2.67. The highest BCUT2D eigenvalue weighted by Crippen LogP contribution is 2.26. The number of hydrogen-bond acceptors (Lipinski definition) is 2. The molecule has 0 atom stereocenters. The molecule has 122 valence electrons. The number of pyridine rings is 1. The first kappa shape index (κ1) is 15.2. The summed E-state index contributed by atoms with van der Waals surface area (Å²) in [5.74, 6) is 0.544. The number of halogens is 1. The van der Waals surface area contributed by atoms with E-state index in [0.29, 0.717) is 16.5 Å². The van der Waals surface area contributed by atoms with Gasteiger partial charge in [0.05, 0.1) is 11.2 Å². The van der Waals surface area contributed by atoms with E-state index < -0.39 is 0 Å². The largest absolute Gasteiger partial charge is 0.349 e. The Balaban J connectivity index is 1.43. The van der Waals surface area contributed by atoms with Gasteiger partial charge < -0.3 is 9.47 Å². The lowest BCUT2D eigenvalue weighted by Crippen LogP contribution is -2.50. The molecule has 0 saturated carbocycles. The molecule has 4 nitrogen and oxygen atoms in total. The number of aromatic nitrogens is 2. The van der Waals surface area contributed by atoms with Crippen LogP contribution in [0.15, 0.2) is 48.8 Å². The molecule has 4 rings (SSSR count). The average Bonchev–Trinajstić information content (AvgIpc) is 2.93. The quantitative estimate of drug-likeness (QED) is 0.732. The molecule has 0 unspecified atom stereocenters. The van der Waals surface area contributed by atoms with Gasteiger partial charge in [0.2, 0.25) is 0 Å². The van der Waals surface area contributed by atoms with Crippen LogP contribution < -0.4 is 0 Å². The molecule has 3 heterocycles. The van der Waals surface area contributed by atoms with Gasteiger partial charge in [0.1, 0.15) is 0 Å². The van der Waals surface area contributed by atoms with Crippen molar-refractivity contribution in [2.75, 3.05) is 13.1 Å². The van der Waals surface area contributed by atoms with Crippen molar-refractivity contribution in [3.63, 3.8) is 0 Å². The minimum atomic E-state index is 0.0768. The lowest BCUT2D eigenvalue weighted by atomic mass is 9.93. The van der Waals surface area contributed by atoms with Crippen molar-refractivity contribution >= 4 is 28.4 Å². The van der Waals surface area contributed by atoms with Crippen LogP contribution >= 0.6 is 11.6 Å². The summed E-state index contributed by atoms with van der Waals surface area (Å²) in [4.78, 5) is 18.9. The van der Waals surface area contributed by atoms with E-state index >= 15 is 0 Å². The minimum Gasteiger partial charge on any atom is -0.349 e. The number of fused-ring (bicyclic) bond motifs is 1. The van der Waals surface area contributed by atoms with E-state index in [9.17, 15) is 4.79 Å². The second kappa shape index (κ2) is 5.95. The molecule has 1 aliphatic rings. The molecule has 0 spiro atoms. The van der Waals surface area contributed by atoms with Gasteiger partial charge in [0, 0.05) is 48.5 Å². The maximum absolute atomic E-state index is 12.4. The summed E-state index contributed by atoms with van der Waals surface area (Å²) >= 11 is 5.87. The zero-order valence-corrected chi connectivity index (χ0v) is 14.2. The van der Waals surface area contributed by atoms with Crippen molar-refractivity contribution in [1.29, 1.82) is 0 Å². The Kier molecular flexibility index (Phi) is 3.77. The van der Waals surface area contributed by atoms with E-state index in [0.717, 1.165) is 25.2 Å². The van der Waals surface area contributed by atoms with Gasteiger partial charge >= 0.3 is 0 Å². The smallest absolute Gasteiger partial charge is 0.253 e. The highest BCUT2D eigenvalue weighted by Gasteiger charge is 2.32. The Labute approximate surface area is 145 Å². The van der Waals surface area contributed by atoms with Crippen LogP contribution in [-0.4, -0.2) is 33.4 Å². The highest BCUT2D eigenvalue weighted by atomic mass is 35.5. The molecular formula is C19H18ClN3O. The van der Waals surface area contributed by atoms with E-state index in [1.807, 2.05) is 24.2 Å². The third-order valence-electron chi connectivity index (χ3n) is 4.68. The zero-order valence-electron chi connectivity index (χ0n) is 13.4. The topological polar surface area (TPSA) is 38.1 Å². The van der Waals surface area contributed by atoms with Gasteiger partial charge in [-0.2, -0.15) is 0 Å². The maximum atomic E-state index is 12.4. The fourth-order valence-electron chi connectivity index (χ4n) is 3.39. The van der Waals surface area contributed by atoms with Crippen molar-refractivity contribution in [2.24, 2.45) is 13.0 Å². The molecule has 0 N–H and O–H groups in total. The van der Waals surface area contributed by atoms with Crippen LogP contribution in [0.1, 0.15) is 16.1 Å². The van der Waals surface area contributed by atoms with Gasteiger partial charge in [-0.3, -0.25) is 9.78 Å². The predicted octanol–water partition coefficient (Wildman–Crippen LogP) is 3.54. The fraction of sp³-hybridized carbons (Fsp3) is 0.263. The summed E-state index contributed by atoms with van der Waals surface area (Å²) in [7, 11) is 2.05. The molecule has 1 fully saturated rings. The number of aryl methyl sites for hydroxylation is 1. The Morgan fingerprint density at radius 3 is 2.71 bits per heavy atom. The second-order valence-corrected chi connectivity index (χ2v) is 6.85. The molecule has 5 heteroatoms. The van der Waals surface area contributed by atoms with Gasteiger partial charge in [-0.1, -0.05) is 11.6 Å². The molecule has 2 aromatic heterocycles. The summed E-state index contributed by atoms with van der Waals surface area (Å²) in [6.07, 6.45) is 4.83. The molecule has 0 bridgehead atoms. The highest BCUT2D eigenvalue weighted by molar-refractivity contribution is 6.30. The van der Waals surface area contributed by atoms with Crippen LogP contribution in [0.4, 0.5) is 0 Å². The Bertz CT molecular complexity index is 895. The lowest BCUT2D eigenvalue weighted by molar-refractivity contribution is 0.0500. The number of hydrogen-bond donors (Lipinski definition) is 0. The number of amides is 1. The standard InChI is InChI=1S/C19H18ClN3O/c1-22-9-7-14-6-8-21-17(18(14)22)10-13-11-23(12-13)19(24)15-2-4-16(20)5-3-15/h2-9,13H,10-12H2,1H3. The van der Waals surface area contributed by atoms with Crippen molar-refractivity contribution in [1.82, 2.24) is 14.5 Å². The number of rotatable bonds is 3. The van der Waals surface area contributed by atoms with Crippen LogP contribution in [0, 0.1) is 5.92 Å². The second-order valence-electron chi connectivity index (χ2n) is 6.41. The van der Waals surface area contributed by atoms with Gasteiger partial charge in [-0.25, -0.2) is 0 Å². The third-order valence-corrected chi connectivity index (χ3v) is 4.93. The van der Waals surface area contributed by atoms with Gasteiger partial charge in [0.15, 0.2) is 0 Å². The first-order chi connectivity index (χ1) is 11.6. The summed E-state index contributed by atoms with van der Waals surface area (Å²) in [5.41, 5.74) is 3.00. The Morgan fingerprint density at radius 1 is 1.21 bits per heavy atom. The summed E-state index contributed by atoms with van der Waals surface area (Å²) in [6.45, 7) is 1.56. The average molecular weight is 340 g/mol. The van der Waals surface area contributed by atoms with Crippen LogP contribution in [-0.2, 0) is 13.5 Å². The number of carbonyl (C=O) groups is 1. The van der Waals surface area contributed by atoms with Crippen molar-refractivity contribution in [3.8, 4) is 0 Å². The van der Waals surface area contributed by atoms with E-state index in [1.54, 1.807) is 24.3 Å². The molecule has 1 saturated heterocycles. The van der Waals surface area contributed by atoms with E-state index in [1.165, 1.54) is 10.9 Å². The molecule has 1 amide bonds. The molecule has 0 aliphatic carbocycles. The Hall–Kier alpha value is -2.33. The molecule has 3 aromatic rings. The van der Waals surface area contributed by atoms with Gasteiger partial charge in [0.25, 0.3) is 5.91 Å². The van der Waals surface area contributed by atoms with Crippen molar-refractivity contribution < 1.29 is 4.79 Å². The Morgan fingerprint density at radius 2 is 1.96 bits per heavy atom. The van der Waals surface area contributed by atoms with E-state index in [-0.39, 0.29) is 5.91 Å². The maximum Gasteiger partial charge on any atom is 0.253 e. The molecule has 24 heavy (non-hydrogen) atoms. The fourth-order valence-corrected chi connectivity index (χ4v) is 3.51. The lowest BCUT2D eigenvalue weighted by Gasteiger charge is -2.39. The molecule has 0 radical (unpaired) electrons. The summed E-state index contributed by atoms with van der Waals surface area (Å²) in [5, 5.41) is 1.87. The van der Waals surface area contributed by atoms with Gasteiger partial charge in [-0.05, 0) is 48.7 Å². The van der Waals surface area contributed by atoms with E-state index in [4.69, 9.17) is 11.6 Å². The first-order valence-electron chi connectivity index (χ1n) is 8.05. The van der Waals surface area contributed by atoms with Crippen LogP contribution in [0.25, 0.3) is 10.9 Å². The van der Waals surface area contributed by atoms with Crippen molar-refractivity contribution in [2.45, 2.75) is 6.42 Å². The predicted molar refractivity (Wildman–Crippen MR) is 95.3 cm³/mol. The number of carbonyl (C=O) groups excluding carboxylic acids is 1. The van der Waals surface area contributed by atoms with Gasteiger partial charge in [-0.15, -0.1) is 0 Å². The van der Waals surface area contributed by atoms with Crippen molar-refractivity contribution in [3.05, 3.63) is 65.1 Å². The number of nitrogens with zero attached hydrogens (tertiary/aromatic N) is 3. The monoisotopic (exact) mass is 339 g/mol. The molecular weight excluding hydrogens is 322 g/mol. The molecule has 1 aromatic carbocycles. The zero-order chi connectivity index (χ0) is 16.7. The molecule has 1 aliphatic heterocycles. The van der Waals surface area contributed by atoms with Crippen LogP contribution in [0.5, 0.6) is 0 Å². The first-order valence-corrected chi connectivity index (χ1v) is 8.43. The summed E-state index contributed by atoms with van der Waals surface area (Å²) in [6, 6.07) is 11.2. The SMILES string of the molecule is Cn1ccc2ccnc(CC3CN(C(=O)c4ccc(Cl)cc4)C3)c21. The summed E-state index contributed by atoms with van der Waals surface area (Å²) < 4.78 is 2.12. The van der Waals surface area contributed by atoms with Crippen LogP contribution in [0.3, 0.4) is 0 Å². The normalized spacial score (nSPS) is 14.8. The van der Waals surface area contributed by atoms with Crippen LogP contribution in [0.2, 0.25) is 5.02 Å². The van der Waals surface area contributed by atoms with E-state index in [2.05, 4.69) is 21.8 Å². The number of benzene rings is 1. The minimum absolute atomic E-state index is 0.0768.